The molecule has 102 valence electrons. The number of hydrogen-bond donors (Lipinski definition) is 1. The van der Waals surface area contributed by atoms with Gasteiger partial charge >= 0.3 is 6.18 Å². The predicted molar refractivity (Wildman–Crippen MR) is 70.5 cm³/mol. The van der Waals surface area contributed by atoms with Gasteiger partial charge in [-0.1, -0.05) is 19.1 Å². The average Bonchev–Trinajstić information content (AvgIpc) is 2.89. The molecule has 2 rings (SSSR count). The maximum Gasteiger partial charge on any atom is 0.418 e. The molecule has 0 aliphatic rings. The van der Waals surface area contributed by atoms with Crippen molar-refractivity contribution < 1.29 is 13.2 Å². The smallest absolute Gasteiger partial charge is 0.384 e. The highest BCUT2D eigenvalue weighted by Gasteiger charge is 2.33. The van der Waals surface area contributed by atoms with E-state index in [0.29, 0.717) is 6.54 Å². The van der Waals surface area contributed by atoms with Gasteiger partial charge in [0.1, 0.15) is 0 Å². The Morgan fingerprint density at radius 3 is 2.68 bits per heavy atom. The van der Waals surface area contributed by atoms with Crippen LogP contribution >= 0.6 is 11.3 Å². The number of thiazole rings is 1. The van der Waals surface area contributed by atoms with Crippen LogP contribution in [0.25, 0.3) is 0 Å². The lowest BCUT2D eigenvalue weighted by molar-refractivity contribution is -0.136. The minimum atomic E-state index is -4.34. The van der Waals surface area contributed by atoms with Crippen molar-refractivity contribution in [2.45, 2.75) is 19.0 Å². The molecule has 0 aliphatic carbocycles. The number of nitrogens with zero attached hydrogens (tertiary/aromatic N) is 1. The third kappa shape index (κ3) is 3.47. The van der Waals surface area contributed by atoms with Crippen LogP contribution in [0.5, 0.6) is 0 Å². The standard InChI is InChI=1S/C13H13F3N2S/c1-9(12-17-6-7-19-12)8-18-11-5-3-2-4-10(11)13(14,15)16/h2-7,9,18H,8H2,1H3. The van der Waals surface area contributed by atoms with E-state index >= 15 is 0 Å². The summed E-state index contributed by atoms with van der Waals surface area (Å²) in [6, 6.07) is 5.50. The Balaban J connectivity index is 2.08. The molecule has 1 aromatic heterocycles. The van der Waals surface area contributed by atoms with Crippen LogP contribution in [0.3, 0.4) is 0 Å². The highest BCUT2D eigenvalue weighted by Crippen LogP contribution is 2.34. The summed E-state index contributed by atoms with van der Waals surface area (Å²) in [4.78, 5) is 4.16. The van der Waals surface area contributed by atoms with E-state index in [1.807, 2.05) is 12.3 Å². The van der Waals surface area contributed by atoms with Gasteiger partial charge in [-0.15, -0.1) is 11.3 Å². The maximum atomic E-state index is 12.8. The lowest BCUT2D eigenvalue weighted by Gasteiger charge is -2.16. The van der Waals surface area contributed by atoms with Crippen LogP contribution in [0.2, 0.25) is 0 Å². The number of halogens is 3. The van der Waals surface area contributed by atoms with E-state index in [1.54, 1.807) is 12.3 Å². The molecule has 0 radical (unpaired) electrons. The molecule has 1 atom stereocenters. The van der Waals surface area contributed by atoms with Crippen molar-refractivity contribution in [3.05, 3.63) is 46.4 Å². The van der Waals surface area contributed by atoms with Gasteiger partial charge in [-0.25, -0.2) is 4.98 Å². The predicted octanol–water partition coefficient (Wildman–Crippen LogP) is 4.38. The largest absolute Gasteiger partial charge is 0.418 e. The van der Waals surface area contributed by atoms with Crippen LogP contribution in [-0.2, 0) is 6.18 Å². The zero-order valence-corrected chi connectivity index (χ0v) is 11.1. The van der Waals surface area contributed by atoms with Crippen molar-refractivity contribution in [2.24, 2.45) is 0 Å². The molecule has 0 amide bonds. The lowest BCUT2D eigenvalue weighted by Crippen LogP contribution is -2.14. The summed E-state index contributed by atoms with van der Waals surface area (Å²) >= 11 is 1.50. The Morgan fingerprint density at radius 1 is 1.32 bits per heavy atom. The monoisotopic (exact) mass is 286 g/mol. The summed E-state index contributed by atoms with van der Waals surface area (Å²) < 4.78 is 38.4. The third-order valence-corrected chi connectivity index (χ3v) is 3.71. The summed E-state index contributed by atoms with van der Waals surface area (Å²) in [6.07, 6.45) is -2.64. The molecule has 0 spiro atoms. The van der Waals surface area contributed by atoms with E-state index < -0.39 is 11.7 Å². The van der Waals surface area contributed by atoms with Gasteiger partial charge < -0.3 is 5.32 Å². The first-order valence-corrected chi connectivity index (χ1v) is 6.66. The Labute approximate surface area is 113 Å². The number of para-hydroxylation sites is 1. The van der Waals surface area contributed by atoms with Gasteiger partial charge in [0.15, 0.2) is 0 Å². The Hall–Kier alpha value is -1.56. The van der Waals surface area contributed by atoms with E-state index in [0.717, 1.165) is 11.1 Å². The number of benzene rings is 1. The molecular formula is C13H13F3N2S. The average molecular weight is 286 g/mol. The molecule has 1 aromatic carbocycles. The highest BCUT2D eigenvalue weighted by atomic mass is 32.1. The zero-order chi connectivity index (χ0) is 13.9. The Kier molecular flexibility index (Phi) is 4.09. The van der Waals surface area contributed by atoms with Crippen LogP contribution in [-0.4, -0.2) is 11.5 Å². The van der Waals surface area contributed by atoms with Gasteiger partial charge in [-0.05, 0) is 12.1 Å². The van der Waals surface area contributed by atoms with Crippen molar-refractivity contribution in [3.63, 3.8) is 0 Å². The molecule has 2 nitrogen and oxygen atoms in total. The number of nitrogens with one attached hydrogen (secondary N) is 1. The second-order valence-electron chi connectivity index (χ2n) is 4.20. The summed E-state index contributed by atoms with van der Waals surface area (Å²) in [5.74, 6) is 0.0706. The molecular weight excluding hydrogens is 273 g/mol. The molecule has 6 heteroatoms. The molecule has 0 saturated carbocycles. The number of hydrogen-bond acceptors (Lipinski definition) is 3. The molecule has 0 fully saturated rings. The summed E-state index contributed by atoms with van der Waals surface area (Å²) in [5.41, 5.74) is -0.528. The number of aromatic nitrogens is 1. The summed E-state index contributed by atoms with van der Waals surface area (Å²) in [7, 11) is 0. The third-order valence-electron chi connectivity index (χ3n) is 2.70. The Morgan fingerprint density at radius 2 is 2.05 bits per heavy atom. The molecule has 0 bridgehead atoms. The van der Waals surface area contributed by atoms with Crippen molar-refractivity contribution in [2.75, 3.05) is 11.9 Å². The molecule has 0 aliphatic heterocycles. The van der Waals surface area contributed by atoms with Gasteiger partial charge in [0.05, 0.1) is 10.6 Å². The molecule has 0 saturated heterocycles. The fraction of sp³-hybridized carbons (Fsp3) is 0.308. The second kappa shape index (κ2) is 5.61. The van der Waals surface area contributed by atoms with E-state index in [4.69, 9.17) is 0 Å². The molecule has 19 heavy (non-hydrogen) atoms. The van der Waals surface area contributed by atoms with Crippen molar-refractivity contribution in [1.82, 2.24) is 4.98 Å². The Bertz CT molecular complexity index is 523. The van der Waals surface area contributed by atoms with Gasteiger partial charge in [-0.3, -0.25) is 0 Å². The topological polar surface area (TPSA) is 24.9 Å². The van der Waals surface area contributed by atoms with Crippen LogP contribution in [0, 0.1) is 0 Å². The highest BCUT2D eigenvalue weighted by molar-refractivity contribution is 7.09. The first-order chi connectivity index (χ1) is 8.98. The first-order valence-electron chi connectivity index (χ1n) is 5.78. The molecule has 1 heterocycles. The normalized spacial score (nSPS) is 13.3. The van der Waals surface area contributed by atoms with Crippen LogP contribution < -0.4 is 5.32 Å². The van der Waals surface area contributed by atoms with E-state index in [9.17, 15) is 13.2 Å². The van der Waals surface area contributed by atoms with Crippen molar-refractivity contribution in [3.8, 4) is 0 Å². The SMILES string of the molecule is CC(CNc1ccccc1C(F)(F)F)c1nccs1. The molecule has 1 N–H and O–H groups in total. The van der Waals surface area contributed by atoms with Gasteiger partial charge in [0.2, 0.25) is 0 Å². The van der Waals surface area contributed by atoms with E-state index in [-0.39, 0.29) is 11.6 Å². The van der Waals surface area contributed by atoms with Crippen molar-refractivity contribution in [1.29, 1.82) is 0 Å². The van der Waals surface area contributed by atoms with Crippen LogP contribution in [0.15, 0.2) is 35.8 Å². The van der Waals surface area contributed by atoms with Crippen LogP contribution in [0.1, 0.15) is 23.4 Å². The summed E-state index contributed by atoms with van der Waals surface area (Å²) in [5, 5.41) is 5.63. The zero-order valence-electron chi connectivity index (χ0n) is 10.2. The van der Waals surface area contributed by atoms with E-state index in [2.05, 4.69) is 10.3 Å². The lowest BCUT2D eigenvalue weighted by atomic mass is 10.1. The molecule has 1 unspecified atom stereocenters. The van der Waals surface area contributed by atoms with Crippen LogP contribution in [0.4, 0.5) is 18.9 Å². The second-order valence-corrected chi connectivity index (χ2v) is 5.12. The van der Waals surface area contributed by atoms with Gasteiger partial charge in [0.25, 0.3) is 0 Å². The molecule has 2 aromatic rings. The van der Waals surface area contributed by atoms with Gasteiger partial charge in [-0.2, -0.15) is 13.2 Å². The number of anilines is 1. The number of rotatable bonds is 4. The maximum absolute atomic E-state index is 12.8. The summed E-state index contributed by atoms with van der Waals surface area (Å²) in [6.45, 7) is 2.35. The fourth-order valence-corrected chi connectivity index (χ4v) is 2.41. The van der Waals surface area contributed by atoms with Gasteiger partial charge in [0, 0.05) is 29.7 Å². The first kappa shape index (κ1) is 13.9. The van der Waals surface area contributed by atoms with Crippen molar-refractivity contribution >= 4 is 17.0 Å². The number of alkyl halides is 3. The minimum absolute atomic E-state index is 0.0706. The fourth-order valence-electron chi connectivity index (χ4n) is 1.71. The minimum Gasteiger partial charge on any atom is -0.384 e. The van der Waals surface area contributed by atoms with E-state index in [1.165, 1.54) is 23.5 Å². The quantitative estimate of drug-likeness (QED) is 0.902.